The number of aromatic carboxylic acids is 1. The lowest BCUT2D eigenvalue weighted by atomic mass is 10.2. The Labute approximate surface area is 105 Å². The molecular weight excluding hydrogens is 297 g/mol. The molecule has 0 aliphatic carbocycles. The molecule has 100 valence electrons. The highest BCUT2D eigenvalue weighted by Crippen LogP contribution is 2.28. The Bertz CT molecular complexity index is 580. The summed E-state index contributed by atoms with van der Waals surface area (Å²) in [6.07, 6.45) is -4.93. The van der Waals surface area contributed by atoms with Crippen LogP contribution in [0, 0.1) is 0 Å². The highest BCUT2D eigenvalue weighted by atomic mass is 35.5. The Kier molecular flexibility index (Phi) is 3.92. The first-order valence-corrected chi connectivity index (χ1v) is 6.38. The summed E-state index contributed by atoms with van der Waals surface area (Å²) < 4.78 is 59.2. The Balaban J connectivity index is 3.32. The van der Waals surface area contributed by atoms with Crippen molar-refractivity contribution >= 4 is 27.4 Å². The third-order valence-corrected chi connectivity index (χ3v) is 4.02. The SMILES string of the molecule is O=C(O)c1ccc(Cl)c(S(=O)(=O)CC(F)(F)F)c1. The van der Waals surface area contributed by atoms with Gasteiger partial charge >= 0.3 is 12.1 Å². The fraction of sp³-hybridized carbons (Fsp3) is 0.222. The van der Waals surface area contributed by atoms with Crippen molar-refractivity contribution in [1.29, 1.82) is 0 Å². The Morgan fingerprint density at radius 2 is 1.89 bits per heavy atom. The molecule has 0 radical (unpaired) electrons. The topological polar surface area (TPSA) is 71.4 Å². The predicted molar refractivity (Wildman–Crippen MR) is 56.5 cm³/mol. The van der Waals surface area contributed by atoms with Crippen molar-refractivity contribution in [2.24, 2.45) is 0 Å². The number of sulfone groups is 1. The molecule has 0 saturated carbocycles. The van der Waals surface area contributed by atoms with Crippen LogP contribution in [-0.4, -0.2) is 31.4 Å². The summed E-state index contributed by atoms with van der Waals surface area (Å²) in [6.45, 7) is 0. The highest BCUT2D eigenvalue weighted by Gasteiger charge is 2.37. The van der Waals surface area contributed by atoms with E-state index in [2.05, 4.69) is 0 Å². The minimum atomic E-state index is -4.93. The van der Waals surface area contributed by atoms with E-state index in [1.165, 1.54) is 0 Å². The first kappa shape index (κ1) is 14.8. The maximum atomic E-state index is 12.1. The summed E-state index contributed by atoms with van der Waals surface area (Å²) in [5, 5.41) is 8.18. The second kappa shape index (κ2) is 4.77. The van der Waals surface area contributed by atoms with Gasteiger partial charge in [0.2, 0.25) is 0 Å². The molecule has 0 aliphatic rings. The van der Waals surface area contributed by atoms with Gasteiger partial charge in [-0.15, -0.1) is 0 Å². The van der Waals surface area contributed by atoms with Crippen LogP contribution < -0.4 is 0 Å². The molecule has 0 spiro atoms. The molecule has 4 nitrogen and oxygen atoms in total. The number of halogens is 4. The molecule has 9 heteroatoms. The van der Waals surface area contributed by atoms with E-state index < -0.39 is 43.2 Å². The lowest BCUT2D eigenvalue weighted by Gasteiger charge is -2.09. The lowest BCUT2D eigenvalue weighted by Crippen LogP contribution is -2.23. The van der Waals surface area contributed by atoms with Crippen LogP contribution in [0.4, 0.5) is 13.2 Å². The molecule has 0 aliphatic heterocycles. The van der Waals surface area contributed by atoms with Crippen LogP contribution in [0.3, 0.4) is 0 Å². The molecule has 0 aromatic heterocycles. The summed E-state index contributed by atoms with van der Waals surface area (Å²) in [5.74, 6) is -3.56. The zero-order chi connectivity index (χ0) is 14.1. The normalized spacial score (nSPS) is 12.4. The first-order valence-electron chi connectivity index (χ1n) is 4.35. The van der Waals surface area contributed by atoms with Crippen molar-refractivity contribution in [1.82, 2.24) is 0 Å². The number of hydrogen-bond donors (Lipinski definition) is 1. The third kappa shape index (κ3) is 3.61. The number of rotatable bonds is 3. The molecular formula is C9H6ClF3O4S. The second-order valence-electron chi connectivity index (χ2n) is 3.32. The number of carbonyl (C=O) groups is 1. The second-order valence-corrected chi connectivity index (χ2v) is 5.69. The van der Waals surface area contributed by atoms with Crippen LogP contribution in [-0.2, 0) is 9.84 Å². The molecule has 18 heavy (non-hydrogen) atoms. The van der Waals surface area contributed by atoms with E-state index in [0.29, 0.717) is 6.07 Å². The van der Waals surface area contributed by atoms with Gasteiger partial charge in [-0.2, -0.15) is 13.2 Å². The molecule has 0 fully saturated rings. The monoisotopic (exact) mass is 302 g/mol. The van der Waals surface area contributed by atoms with Gasteiger partial charge < -0.3 is 5.11 Å². The van der Waals surface area contributed by atoms with E-state index >= 15 is 0 Å². The predicted octanol–water partition coefficient (Wildman–Crippen LogP) is 2.37. The zero-order valence-electron chi connectivity index (χ0n) is 8.53. The van der Waals surface area contributed by atoms with Gasteiger partial charge in [-0.3, -0.25) is 0 Å². The van der Waals surface area contributed by atoms with Crippen LogP contribution in [0.5, 0.6) is 0 Å². The summed E-state index contributed by atoms with van der Waals surface area (Å²) in [7, 11) is -4.72. The van der Waals surface area contributed by atoms with E-state index in [0.717, 1.165) is 12.1 Å². The van der Waals surface area contributed by atoms with E-state index in [9.17, 15) is 26.4 Å². The summed E-state index contributed by atoms with van der Waals surface area (Å²) in [4.78, 5) is 9.77. The van der Waals surface area contributed by atoms with E-state index in [1.54, 1.807) is 0 Å². The smallest absolute Gasteiger partial charge is 0.403 e. The van der Waals surface area contributed by atoms with E-state index in [1.807, 2.05) is 0 Å². The van der Waals surface area contributed by atoms with E-state index in [-0.39, 0.29) is 0 Å². The molecule has 0 bridgehead atoms. The number of carboxylic acid groups (broad SMARTS) is 1. The molecule has 1 aromatic carbocycles. The lowest BCUT2D eigenvalue weighted by molar-refractivity contribution is -0.106. The van der Waals surface area contributed by atoms with Crippen molar-refractivity contribution < 1.29 is 31.5 Å². The summed E-state index contributed by atoms with van der Waals surface area (Å²) >= 11 is 5.47. The highest BCUT2D eigenvalue weighted by molar-refractivity contribution is 7.91. The van der Waals surface area contributed by atoms with Gasteiger partial charge in [0.1, 0.15) is 0 Å². The maximum absolute atomic E-state index is 12.1. The summed E-state index contributed by atoms with van der Waals surface area (Å²) in [5.41, 5.74) is -0.458. The number of carboxylic acids is 1. The van der Waals surface area contributed by atoms with Gasteiger partial charge in [0.05, 0.1) is 15.5 Å². The Morgan fingerprint density at radius 1 is 1.33 bits per heavy atom. The molecule has 0 atom stereocenters. The van der Waals surface area contributed by atoms with Crippen LogP contribution in [0.25, 0.3) is 0 Å². The van der Waals surface area contributed by atoms with Gasteiger partial charge in [-0.05, 0) is 18.2 Å². The molecule has 0 unspecified atom stereocenters. The molecule has 1 rings (SSSR count). The minimum Gasteiger partial charge on any atom is -0.478 e. The fourth-order valence-corrected chi connectivity index (χ4v) is 2.90. The van der Waals surface area contributed by atoms with Gasteiger partial charge in [0.15, 0.2) is 15.6 Å². The molecule has 0 amide bonds. The van der Waals surface area contributed by atoms with Gasteiger partial charge in [0.25, 0.3) is 0 Å². The largest absolute Gasteiger partial charge is 0.478 e. The van der Waals surface area contributed by atoms with Crippen LogP contribution >= 0.6 is 11.6 Å². The van der Waals surface area contributed by atoms with Crippen molar-refractivity contribution in [3.05, 3.63) is 28.8 Å². The molecule has 1 aromatic rings. The van der Waals surface area contributed by atoms with Crippen molar-refractivity contribution in [2.45, 2.75) is 11.1 Å². The van der Waals surface area contributed by atoms with Crippen molar-refractivity contribution in [3.63, 3.8) is 0 Å². The maximum Gasteiger partial charge on any atom is 0.403 e. The Morgan fingerprint density at radius 3 is 2.33 bits per heavy atom. The van der Waals surface area contributed by atoms with Gasteiger partial charge in [0, 0.05) is 0 Å². The van der Waals surface area contributed by atoms with E-state index in [4.69, 9.17) is 16.7 Å². The molecule has 0 heterocycles. The van der Waals surface area contributed by atoms with Crippen molar-refractivity contribution in [3.8, 4) is 0 Å². The van der Waals surface area contributed by atoms with Crippen LogP contribution in [0.15, 0.2) is 23.1 Å². The fourth-order valence-electron chi connectivity index (χ4n) is 1.17. The minimum absolute atomic E-state index is 0.454. The summed E-state index contributed by atoms with van der Waals surface area (Å²) in [6, 6.07) is 2.53. The quantitative estimate of drug-likeness (QED) is 0.930. The molecule has 1 N–H and O–H groups in total. The number of hydrogen-bond acceptors (Lipinski definition) is 3. The van der Waals surface area contributed by atoms with Gasteiger partial charge in [-0.1, -0.05) is 11.6 Å². The zero-order valence-corrected chi connectivity index (χ0v) is 10.1. The van der Waals surface area contributed by atoms with Crippen LogP contribution in [0.1, 0.15) is 10.4 Å². The average Bonchev–Trinajstić information content (AvgIpc) is 2.13. The first-order chi connectivity index (χ1) is 8.03. The molecule has 0 saturated heterocycles. The van der Waals surface area contributed by atoms with Crippen molar-refractivity contribution in [2.75, 3.05) is 5.75 Å². The number of benzene rings is 1. The third-order valence-electron chi connectivity index (χ3n) is 1.87. The average molecular weight is 303 g/mol. The Hall–Kier alpha value is -1.28. The standard InChI is InChI=1S/C9H6ClF3O4S/c10-6-2-1-5(8(14)15)3-7(6)18(16,17)4-9(11,12)13/h1-3H,4H2,(H,14,15). The number of alkyl halides is 3. The van der Waals surface area contributed by atoms with Crippen LogP contribution in [0.2, 0.25) is 5.02 Å². The van der Waals surface area contributed by atoms with Gasteiger partial charge in [-0.25, -0.2) is 13.2 Å².